The van der Waals surface area contributed by atoms with Crippen LogP contribution < -0.4 is 10.6 Å². The number of hydrogen-bond donors (Lipinski definition) is 2. The van der Waals surface area contributed by atoms with Gasteiger partial charge in [0.2, 0.25) is 0 Å². The first-order valence-electron chi connectivity index (χ1n) is 5.72. The van der Waals surface area contributed by atoms with E-state index < -0.39 is 0 Å². The molecule has 1 atom stereocenters. The van der Waals surface area contributed by atoms with Gasteiger partial charge in [-0.2, -0.15) is 0 Å². The van der Waals surface area contributed by atoms with Crippen molar-refractivity contribution in [2.24, 2.45) is 5.41 Å². The van der Waals surface area contributed by atoms with Crippen LogP contribution in [0.3, 0.4) is 0 Å². The third kappa shape index (κ3) is 3.08. The maximum atomic E-state index is 5.28. The lowest BCUT2D eigenvalue weighted by atomic mass is 9.90. The van der Waals surface area contributed by atoms with Crippen LogP contribution in [0.15, 0.2) is 22.8 Å². The van der Waals surface area contributed by atoms with Crippen molar-refractivity contribution in [3.8, 4) is 0 Å². The number of rotatable bonds is 5. The second kappa shape index (κ2) is 4.81. The third-order valence-electron chi connectivity index (χ3n) is 3.14. The molecule has 1 aromatic heterocycles. The summed E-state index contributed by atoms with van der Waals surface area (Å²) in [4.78, 5) is 0. The molecule has 0 radical (unpaired) electrons. The lowest BCUT2D eigenvalue weighted by molar-refractivity contribution is 0.339. The molecular weight excluding hydrogens is 188 g/mol. The van der Waals surface area contributed by atoms with Crippen molar-refractivity contribution in [1.82, 2.24) is 10.6 Å². The predicted octanol–water partition coefficient (Wildman–Crippen LogP) is 1.41. The van der Waals surface area contributed by atoms with Crippen LogP contribution in [0.1, 0.15) is 19.1 Å². The van der Waals surface area contributed by atoms with Crippen LogP contribution in [0.2, 0.25) is 0 Å². The standard InChI is InChI=1S/C12H20N2O/c1-12(5-7-14-10-12)9-13-6-4-11-3-2-8-15-11/h2-3,8,13-14H,4-7,9-10H2,1H3. The minimum absolute atomic E-state index is 0.448. The van der Waals surface area contributed by atoms with Crippen LogP contribution in [0.25, 0.3) is 0 Å². The van der Waals surface area contributed by atoms with E-state index in [4.69, 9.17) is 4.42 Å². The fourth-order valence-electron chi connectivity index (χ4n) is 2.08. The van der Waals surface area contributed by atoms with Gasteiger partial charge in [-0.05, 0) is 30.5 Å². The molecule has 1 unspecified atom stereocenters. The summed E-state index contributed by atoms with van der Waals surface area (Å²) in [6, 6.07) is 3.97. The van der Waals surface area contributed by atoms with Gasteiger partial charge in [-0.1, -0.05) is 6.92 Å². The van der Waals surface area contributed by atoms with E-state index in [1.54, 1.807) is 6.26 Å². The van der Waals surface area contributed by atoms with Crippen LogP contribution in [0, 0.1) is 5.41 Å². The maximum absolute atomic E-state index is 5.28. The Morgan fingerprint density at radius 2 is 2.53 bits per heavy atom. The average Bonchev–Trinajstić information content (AvgIpc) is 2.84. The van der Waals surface area contributed by atoms with E-state index in [1.165, 1.54) is 6.42 Å². The predicted molar refractivity (Wildman–Crippen MR) is 60.9 cm³/mol. The molecule has 2 rings (SSSR count). The molecule has 1 saturated heterocycles. The summed E-state index contributed by atoms with van der Waals surface area (Å²) in [6.07, 6.45) is 3.99. The van der Waals surface area contributed by atoms with E-state index in [0.717, 1.165) is 38.4 Å². The van der Waals surface area contributed by atoms with Gasteiger partial charge in [0, 0.05) is 26.1 Å². The Balaban J connectivity index is 1.62. The Hall–Kier alpha value is -0.800. The lowest BCUT2D eigenvalue weighted by Gasteiger charge is -2.22. The summed E-state index contributed by atoms with van der Waals surface area (Å²) in [7, 11) is 0. The molecule has 2 N–H and O–H groups in total. The molecule has 0 aliphatic carbocycles. The highest BCUT2D eigenvalue weighted by Crippen LogP contribution is 2.22. The Labute approximate surface area is 91.2 Å². The highest BCUT2D eigenvalue weighted by atomic mass is 16.3. The molecule has 1 fully saturated rings. The molecule has 84 valence electrons. The normalized spacial score (nSPS) is 25.9. The Morgan fingerprint density at radius 1 is 1.60 bits per heavy atom. The minimum atomic E-state index is 0.448. The summed E-state index contributed by atoms with van der Waals surface area (Å²) in [5, 5.41) is 6.91. The zero-order valence-corrected chi connectivity index (χ0v) is 9.38. The zero-order chi connectivity index (χ0) is 10.6. The molecule has 1 aliphatic rings. The highest BCUT2D eigenvalue weighted by molar-refractivity contribution is 4.98. The topological polar surface area (TPSA) is 37.2 Å². The highest BCUT2D eigenvalue weighted by Gasteiger charge is 2.27. The molecular formula is C12H20N2O. The molecule has 0 saturated carbocycles. The second-order valence-electron chi connectivity index (χ2n) is 4.74. The van der Waals surface area contributed by atoms with Gasteiger partial charge in [0.15, 0.2) is 0 Å². The summed E-state index contributed by atoms with van der Waals surface area (Å²) in [5.41, 5.74) is 0.448. The van der Waals surface area contributed by atoms with Gasteiger partial charge in [-0.15, -0.1) is 0 Å². The summed E-state index contributed by atoms with van der Waals surface area (Å²) in [5.74, 6) is 1.07. The number of furan rings is 1. The quantitative estimate of drug-likeness (QED) is 0.718. The molecule has 15 heavy (non-hydrogen) atoms. The molecule has 0 aromatic carbocycles. The van der Waals surface area contributed by atoms with Crippen molar-refractivity contribution in [2.75, 3.05) is 26.2 Å². The van der Waals surface area contributed by atoms with Crippen molar-refractivity contribution in [2.45, 2.75) is 19.8 Å². The van der Waals surface area contributed by atoms with Gasteiger partial charge in [0.1, 0.15) is 5.76 Å². The van der Waals surface area contributed by atoms with Crippen molar-refractivity contribution in [1.29, 1.82) is 0 Å². The van der Waals surface area contributed by atoms with Crippen molar-refractivity contribution in [3.63, 3.8) is 0 Å². The Bertz CT molecular complexity index is 276. The van der Waals surface area contributed by atoms with E-state index in [9.17, 15) is 0 Å². The van der Waals surface area contributed by atoms with E-state index in [0.29, 0.717) is 5.41 Å². The van der Waals surface area contributed by atoms with Gasteiger partial charge < -0.3 is 15.1 Å². The molecule has 0 amide bonds. The van der Waals surface area contributed by atoms with Crippen LogP contribution in [0.5, 0.6) is 0 Å². The lowest BCUT2D eigenvalue weighted by Crippen LogP contribution is -2.34. The van der Waals surface area contributed by atoms with Crippen molar-refractivity contribution >= 4 is 0 Å². The van der Waals surface area contributed by atoms with Gasteiger partial charge >= 0.3 is 0 Å². The molecule has 1 aromatic rings. The SMILES string of the molecule is CC1(CNCCc2ccco2)CCNC1. The first-order chi connectivity index (χ1) is 7.29. The first-order valence-corrected chi connectivity index (χ1v) is 5.72. The monoisotopic (exact) mass is 208 g/mol. The first kappa shape index (κ1) is 10.7. The number of nitrogens with one attached hydrogen (secondary N) is 2. The largest absolute Gasteiger partial charge is 0.469 e. The average molecular weight is 208 g/mol. The smallest absolute Gasteiger partial charge is 0.105 e. The third-order valence-corrected chi connectivity index (χ3v) is 3.14. The summed E-state index contributed by atoms with van der Waals surface area (Å²) >= 11 is 0. The number of hydrogen-bond acceptors (Lipinski definition) is 3. The van der Waals surface area contributed by atoms with Crippen LogP contribution in [-0.4, -0.2) is 26.2 Å². The maximum Gasteiger partial charge on any atom is 0.105 e. The molecule has 2 heterocycles. The van der Waals surface area contributed by atoms with Crippen molar-refractivity contribution in [3.05, 3.63) is 24.2 Å². The fraction of sp³-hybridized carbons (Fsp3) is 0.667. The second-order valence-corrected chi connectivity index (χ2v) is 4.74. The van der Waals surface area contributed by atoms with E-state index in [-0.39, 0.29) is 0 Å². The van der Waals surface area contributed by atoms with Gasteiger partial charge in [-0.3, -0.25) is 0 Å². The Morgan fingerprint density at radius 3 is 3.20 bits per heavy atom. The fourth-order valence-corrected chi connectivity index (χ4v) is 2.08. The van der Waals surface area contributed by atoms with Crippen molar-refractivity contribution < 1.29 is 4.42 Å². The molecule has 3 heteroatoms. The van der Waals surface area contributed by atoms with E-state index >= 15 is 0 Å². The Kier molecular flexibility index (Phi) is 3.44. The van der Waals surface area contributed by atoms with Crippen LogP contribution in [-0.2, 0) is 6.42 Å². The van der Waals surface area contributed by atoms with Gasteiger partial charge in [0.25, 0.3) is 0 Å². The summed E-state index contributed by atoms with van der Waals surface area (Å²) in [6.45, 7) is 6.74. The van der Waals surface area contributed by atoms with Gasteiger partial charge in [0.05, 0.1) is 6.26 Å². The van der Waals surface area contributed by atoms with Crippen LogP contribution in [0.4, 0.5) is 0 Å². The summed E-state index contributed by atoms with van der Waals surface area (Å²) < 4.78 is 5.28. The van der Waals surface area contributed by atoms with E-state index in [2.05, 4.69) is 17.6 Å². The van der Waals surface area contributed by atoms with Gasteiger partial charge in [-0.25, -0.2) is 0 Å². The van der Waals surface area contributed by atoms with Crippen LogP contribution >= 0.6 is 0 Å². The minimum Gasteiger partial charge on any atom is -0.469 e. The van der Waals surface area contributed by atoms with E-state index in [1.807, 2.05) is 12.1 Å². The zero-order valence-electron chi connectivity index (χ0n) is 9.38. The molecule has 3 nitrogen and oxygen atoms in total. The molecule has 0 spiro atoms. The molecule has 0 bridgehead atoms. The molecule has 1 aliphatic heterocycles.